The minimum absolute atomic E-state index is 0.220. The fourth-order valence-electron chi connectivity index (χ4n) is 2.76. The quantitative estimate of drug-likeness (QED) is 0.927. The van der Waals surface area contributed by atoms with Gasteiger partial charge in [0.1, 0.15) is 0 Å². The third-order valence-corrected chi connectivity index (χ3v) is 6.01. The van der Waals surface area contributed by atoms with Crippen LogP contribution in [0.2, 0.25) is 0 Å². The number of carbonyl (C=O) groups excluding carboxylic acids is 1. The number of hydrogen-bond acceptors (Lipinski definition) is 3. The first-order valence-electron chi connectivity index (χ1n) is 8.04. The molecule has 3 rings (SSSR count). The summed E-state index contributed by atoms with van der Waals surface area (Å²) in [5, 5.41) is 2.77. The number of piperidine rings is 1. The van der Waals surface area contributed by atoms with Crippen LogP contribution in [0.15, 0.2) is 59.5 Å². The monoisotopic (exact) mass is 344 g/mol. The Kier molecular flexibility index (Phi) is 4.97. The lowest BCUT2D eigenvalue weighted by Gasteiger charge is -2.25. The highest BCUT2D eigenvalue weighted by Crippen LogP contribution is 2.22. The lowest BCUT2D eigenvalue weighted by Crippen LogP contribution is -2.35. The van der Waals surface area contributed by atoms with Crippen LogP contribution in [0, 0.1) is 0 Å². The van der Waals surface area contributed by atoms with E-state index in [0.717, 1.165) is 19.3 Å². The first kappa shape index (κ1) is 16.7. The maximum absolute atomic E-state index is 12.6. The number of amides is 1. The van der Waals surface area contributed by atoms with Gasteiger partial charge in [0.15, 0.2) is 0 Å². The minimum Gasteiger partial charge on any atom is -0.322 e. The molecule has 0 bridgehead atoms. The molecule has 24 heavy (non-hydrogen) atoms. The molecule has 2 aromatic carbocycles. The van der Waals surface area contributed by atoms with Crippen molar-refractivity contribution < 1.29 is 13.2 Å². The third kappa shape index (κ3) is 3.66. The summed E-state index contributed by atoms with van der Waals surface area (Å²) < 4.78 is 26.7. The molecule has 0 unspecified atom stereocenters. The van der Waals surface area contributed by atoms with Crippen LogP contribution in [-0.4, -0.2) is 31.7 Å². The van der Waals surface area contributed by atoms with Gasteiger partial charge in [-0.05, 0) is 49.2 Å². The van der Waals surface area contributed by atoms with Crippen LogP contribution in [0.3, 0.4) is 0 Å². The molecule has 1 heterocycles. The van der Waals surface area contributed by atoms with Gasteiger partial charge in [-0.25, -0.2) is 8.42 Å². The Hall–Kier alpha value is -2.18. The Morgan fingerprint density at radius 2 is 1.50 bits per heavy atom. The van der Waals surface area contributed by atoms with Crippen molar-refractivity contribution in [2.45, 2.75) is 24.2 Å². The van der Waals surface area contributed by atoms with Gasteiger partial charge in [-0.2, -0.15) is 4.31 Å². The molecule has 1 saturated heterocycles. The zero-order valence-corrected chi connectivity index (χ0v) is 14.1. The Balaban J connectivity index is 1.72. The van der Waals surface area contributed by atoms with E-state index in [-0.39, 0.29) is 10.8 Å². The zero-order valence-electron chi connectivity index (χ0n) is 13.3. The topological polar surface area (TPSA) is 66.5 Å². The number of rotatable bonds is 4. The fourth-order valence-corrected chi connectivity index (χ4v) is 4.27. The molecule has 1 aliphatic heterocycles. The maximum Gasteiger partial charge on any atom is 0.255 e. The van der Waals surface area contributed by atoms with Crippen molar-refractivity contribution in [2.75, 3.05) is 18.4 Å². The predicted octanol–water partition coefficient (Wildman–Crippen LogP) is 3.11. The van der Waals surface area contributed by atoms with Gasteiger partial charge >= 0.3 is 0 Å². The number of benzene rings is 2. The summed E-state index contributed by atoms with van der Waals surface area (Å²) in [7, 11) is -3.44. The van der Waals surface area contributed by atoms with Gasteiger partial charge in [-0.3, -0.25) is 4.79 Å². The predicted molar refractivity (Wildman–Crippen MR) is 93.4 cm³/mol. The van der Waals surface area contributed by atoms with Crippen LogP contribution in [0.25, 0.3) is 0 Å². The third-order valence-electron chi connectivity index (χ3n) is 4.10. The lowest BCUT2D eigenvalue weighted by atomic mass is 10.2. The molecule has 0 aliphatic carbocycles. The van der Waals surface area contributed by atoms with Crippen molar-refractivity contribution in [3.05, 3.63) is 60.2 Å². The van der Waals surface area contributed by atoms with E-state index in [1.54, 1.807) is 48.5 Å². The van der Waals surface area contributed by atoms with Crippen molar-refractivity contribution >= 4 is 21.6 Å². The molecule has 1 fully saturated rings. The molecule has 5 nitrogen and oxygen atoms in total. The van der Waals surface area contributed by atoms with Crippen LogP contribution in [0.4, 0.5) is 5.69 Å². The van der Waals surface area contributed by atoms with Gasteiger partial charge in [0.25, 0.3) is 5.91 Å². The maximum atomic E-state index is 12.6. The van der Waals surface area contributed by atoms with E-state index >= 15 is 0 Å². The first-order chi connectivity index (χ1) is 11.6. The van der Waals surface area contributed by atoms with E-state index in [9.17, 15) is 13.2 Å². The van der Waals surface area contributed by atoms with Gasteiger partial charge in [-0.15, -0.1) is 0 Å². The molecule has 0 aromatic heterocycles. The molecule has 2 aromatic rings. The van der Waals surface area contributed by atoms with Crippen molar-refractivity contribution in [1.82, 2.24) is 4.31 Å². The summed E-state index contributed by atoms with van der Waals surface area (Å²) in [5.74, 6) is -0.220. The molecule has 1 N–H and O–H groups in total. The second-order valence-electron chi connectivity index (χ2n) is 5.81. The summed E-state index contributed by atoms with van der Waals surface area (Å²) in [6, 6.07) is 15.2. The summed E-state index contributed by atoms with van der Waals surface area (Å²) >= 11 is 0. The molecule has 0 spiro atoms. The molecule has 0 atom stereocenters. The molecular weight excluding hydrogens is 324 g/mol. The average Bonchev–Trinajstić information content (AvgIpc) is 2.63. The van der Waals surface area contributed by atoms with E-state index in [1.165, 1.54) is 4.31 Å². The van der Waals surface area contributed by atoms with Gasteiger partial charge in [0.2, 0.25) is 10.0 Å². The van der Waals surface area contributed by atoms with Crippen molar-refractivity contribution in [3.8, 4) is 0 Å². The summed E-state index contributed by atoms with van der Waals surface area (Å²) in [4.78, 5) is 12.4. The Morgan fingerprint density at radius 3 is 2.12 bits per heavy atom. The minimum atomic E-state index is -3.44. The Morgan fingerprint density at radius 1 is 0.875 bits per heavy atom. The highest BCUT2D eigenvalue weighted by atomic mass is 32.2. The molecule has 1 aliphatic rings. The Bertz CT molecular complexity index is 796. The highest BCUT2D eigenvalue weighted by molar-refractivity contribution is 7.89. The molecular formula is C18H20N2O3S. The van der Waals surface area contributed by atoms with Crippen LogP contribution in [0.1, 0.15) is 29.6 Å². The van der Waals surface area contributed by atoms with E-state index in [1.807, 2.05) is 6.07 Å². The number of carbonyl (C=O) groups is 1. The van der Waals surface area contributed by atoms with E-state index in [4.69, 9.17) is 0 Å². The molecule has 0 saturated carbocycles. The summed E-state index contributed by atoms with van der Waals surface area (Å²) in [6.07, 6.45) is 2.89. The molecule has 0 radical (unpaired) electrons. The van der Waals surface area contributed by atoms with Gasteiger partial charge in [0, 0.05) is 24.3 Å². The van der Waals surface area contributed by atoms with E-state index in [2.05, 4.69) is 5.32 Å². The highest BCUT2D eigenvalue weighted by Gasteiger charge is 2.25. The number of nitrogens with zero attached hydrogens (tertiary/aromatic N) is 1. The van der Waals surface area contributed by atoms with Crippen LogP contribution < -0.4 is 5.32 Å². The first-order valence-corrected chi connectivity index (χ1v) is 9.48. The molecule has 1 amide bonds. The number of hydrogen-bond donors (Lipinski definition) is 1. The Labute approximate surface area is 142 Å². The molecule has 126 valence electrons. The lowest BCUT2D eigenvalue weighted by molar-refractivity contribution is 0.102. The second kappa shape index (κ2) is 7.15. The van der Waals surface area contributed by atoms with Crippen LogP contribution in [-0.2, 0) is 10.0 Å². The van der Waals surface area contributed by atoms with Gasteiger partial charge in [-0.1, -0.05) is 24.6 Å². The average molecular weight is 344 g/mol. The van der Waals surface area contributed by atoms with Gasteiger partial charge < -0.3 is 5.32 Å². The van der Waals surface area contributed by atoms with Crippen molar-refractivity contribution in [1.29, 1.82) is 0 Å². The van der Waals surface area contributed by atoms with Crippen molar-refractivity contribution in [2.24, 2.45) is 0 Å². The molecule has 6 heteroatoms. The van der Waals surface area contributed by atoms with E-state index in [0.29, 0.717) is 24.3 Å². The number of sulfonamides is 1. The fraction of sp³-hybridized carbons (Fsp3) is 0.278. The van der Waals surface area contributed by atoms with E-state index < -0.39 is 10.0 Å². The normalized spacial score (nSPS) is 15.8. The van der Waals surface area contributed by atoms with Crippen LogP contribution >= 0.6 is 0 Å². The SMILES string of the molecule is O=C(Nc1ccc(S(=O)(=O)N2CCCCC2)cc1)c1ccccc1. The summed E-state index contributed by atoms with van der Waals surface area (Å²) in [6.45, 7) is 1.16. The summed E-state index contributed by atoms with van der Waals surface area (Å²) in [5.41, 5.74) is 1.13. The van der Waals surface area contributed by atoms with Crippen LogP contribution in [0.5, 0.6) is 0 Å². The smallest absolute Gasteiger partial charge is 0.255 e. The number of anilines is 1. The number of nitrogens with one attached hydrogen (secondary N) is 1. The van der Waals surface area contributed by atoms with Gasteiger partial charge in [0.05, 0.1) is 4.90 Å². The second-order valence-corrected chi connectivity index (χ2v) is 7.75. The largest absolute Gasteiger partial charge is 0.322 e. The zero-order chi connectivity index (χ0) is 17.0. The van der Waals surface area contributed by atoms with Crippen molar-refractivity contribution in [3.63, 3.8) is 0 Å². The standard InChI is InChI=1S/C18H20N2O3S/c21-18(15-7-3-1-4-8-15)19-16-9-11-17(12-10-16)24(22,23)20-13-5-2-6-14-20/h1,3-4,7-12H,2,5-6,13-14H2,(H,19,21).